The fourth-order valence-electron chi connectivity index (χ4n) is 2.17. The molecule has 0 aromatic rings. The molecular formula is C11H20N2O2. The molecular weight excluding hydrogens is 192 g/mol. The molecule has 0 aliphatic heterocycles. The number of aliphatic hydroxyl groups is 1. The minimum Gasteiger partial charge on any atom is -0.388 e. The number of amidine groups is 1. The molecule has 2 atom stereocenters. The maximum atomic E-state index is 11.9. The van der Waals surface area contributed by atoms with Crippen molar-refractivity contribution >= 4 is 11.6 Å². The number of hydrogen-bond donors (Lipinski definition) is 2. The van der Waals surface area contributed by atoms with Crippen LogP contribution in [0.3, 0.4) is 0 Å². The Morgan fingerprint density at radius 1 is 1.60 bits per heavy atom. The molecule has 1 fully saturated rings. The van der Waals surface area contributed by atoms with Gasteiger partial charge in [0.1, 0.15) is 5.60 Å². The molecule has 1 aliphatic carbocycles. The summed E-state index contributed by atoms with van der Waals surface area (Å²) in [5, 5.41) is 10.3. The molecule has 86 valence electrons. The predicted molar refractivity (Wildman–Crippen MR) is 59.7 cm³/mol. The van der Waals surface area contributed by atoms with Gasteiger partial charge in [0.2, 0.25) is 0 Å². The van der Waals surface area contributed by atoms with Gasteiger partial charge in [-0.3, -0.25) is 9.79 Å². The fraction of sp³-hybridized carbons (Fsp3) is 0.818. The Bertz CT molecular complexity index is 282. The summed E-state index contributed by atoms with van der Waals surface area (Å²) >= 11 is 0. The van der Waals surface area contributed by atoms with E-state index in [1.807, 2.05) is 0 Å². The zero-order valence-corrected chi connectivity index (χ0v) is 9.66. The average Bonchev–Trinajstić information content (AvgIpc) is 2.47. The maximum absolute atomic E-state index is 11.9. The van der Waals surface area contributed by atoms with Gasteiger partial charge < -0.3 is 10.8 Å². The third kappa shape index (κ3) is 2.37. The first-order chi connectivity index (χ1) is 6.88. The highest BCUT2D eigenvalue weighted by Gasteiger charge is 2.47. The summed E-state index contributed by atoms with van der Waals surface area (Å²) in [6.45, 7) is 5.28. The molecule has 1 rings (SSSR count). The van der Waals surface area contributed by atoms with Gasteiger partial charge in [-0.25, -0.2) is 0 Å². The van der Waals surface area contributed by atoms with E-state index in [1.165, 1.54) is 0 Å². The van der Waals surface area contributed by atoms with Crippen molar-refractivity contribution in [1.29, 1.82) is 0 Å². The van der Waals surface area contributed by atoms with Crippen molar-refractivity contribution in [3.05, 3.63) is 0 Å². The summed E-state index contributed by atoms with van der Waals surface area (Å²) in [7, 11) is 0. The lowest BCUT2D eigenvalue weighted by atomic mass is 9.86. The first-order valence-corrected chi connectivity index (χ1v) is 5.44. The Kier molecular flexibility index (Phi) is 3.50. The Morgan fingerprint density at radius 2 is 2.20 bits per heavy atom. The van der Waals surface area contributed by atoms with Crippen LogP contribution in [0.2, 0.25) is 0 Å². The minimum atomic E-state index is -1.28. The molecule has 0 bridgehead atoms. The molecule has 0 saturated heterocycles. The van der Waals surface area contributed by atoms with Crippen LogP contribution in [0.15, 0.2) is 4.99 Å². The van der Waals surface area contributed by atoms with Gasteiger partial charge >= 0.3 is 0 Å². The maximum Gasteiger partial charge on any atom is 0.169 e. The zero-order valence-electron chi connectivity index (χ0n) is 9.66. The van der Waals surface area contributed by atoms with Crippen molar-refractivity contribution in [2.75, 3.05) is 0 Å². The Labute approximate surface area is 90.6 Å². The largest absolute Gasteiger partial charge is 0.388 e. The van der Waals surface area contributed by atoms with Gasteiger partial charge in [0.15, 0.2) is 5.78 Å². The number of rotatable bonds is 3. The molecule has 1 aliphatic rings. The van der Waals surface area contributed by atoms with Crippen LogP contribution in [-0.2, 0) is 4.79 Å². The van der Waals surface area contributed by atoms with Crippen LogP contribution < -0.4 is 5.73 Å². The Hall–Kier alpha value is -0.900. The number of nitrogens with two attached hydrogens (primary N) is 1. The average molecular weight is 212 g/mol. The second-order valence-electron chi connectivity index (χ2n) is 4.62. The number of nitrogens with zero attached hydrogens (tertiary/aromatic N) is 1. The quantitative estimate of drug-likeness (QED) is 0.538. The van der Waals surface area contributed by atoms with Gasteiger partial charge in [-0.2, -0.15) is 0 Å². The number of aliphatic imine (C=N–C) groups is 1. The smallest absolute Gasteiger partial charge is 0.169 e. The molecule has 0 spiro atoms. The van der Waals surface area contributed by atoms with Gasteiger partial charge in [0, 0.05) is 5.92 Å². The highest BCUT2D eigenvalue weighted by atomic mass is 16.3. The molecule has 0 aromatic heterocycles. The van der Waals surface area contributed by atoms with Crippen LogP contribution in [0.4, 0.5) is 0 Å². The van der Waals surface area contributed by atoms with Crippen molar-refractivity contribution < 1.29 is 9.90 Å². The van der Waals surface area contributed by atoms with Crippen molar-refractivity contribution in [1.82, 2.24) is 0 Å². The zero-order chi connectivity index (χ0) is 11.6. The summed E-state index contributed by atoms with van der Waals surface area (Å²) in [6, 6.07) is -0.350. The lowest BCUT2D eigenvalue weighted by Crippen LogP contribution is -2.47. The number of hydrogen-bond acceptors (Lipinski definition) is 3. The molecule has 0 heterocycles. The van der Waals surface area contributed by atoms with E-state index in [1.54, 1.807) is 20.8 Å². The third-order valence-electron chi connectivity index (χ3n) is 2.90. The van der Waals surface area contributed by atoms with Crippen molar-refractivity contribution in [2.45, 2.75) is 51.7 Å². The van der Waals surface area contributed by atoms with E-state index in [4.69, 9.17) is 5.73 Å². The van der Waals surface area contributed by atoms with Crippen LogP contribution in [0.25, 0.3) is 0 Å². The standard InChI is InChI=1S/C11H20N2O2/c1-7(2)10(14)11(15)6-4-5-9(11)13-8(3)12/h7,9,15H,4-6H2,1-3H3,(H2,12,13). The summed E-state index contributed by atoms with van der Waals surface area (Å²) < 4.78 is 0. The SMILES string of the molecule is CC(N)=NC1CCCC1(O)C(=O)C(C)C. The minimum absolute atomic E-state index is 0.116. The van der Waals surface area contributed by atoms with E-state index >= 15 is 0 Å². The lowest BCUT2D eigenvalue weighted by Gasteiger charge is -2.27. The van der Waals surface area contributed by atoms with E-state index in [2.05, 4.69) is 4.99 Å². The number of carbonyl (C=O) groups excluding carboxylic acids is 1. The van der Waals surface area contributed by atoms with Gasteiger partial charge in [-0.15, -0.1) is 0 Å². The lowest BCUT2D eigenvalue weighted by molar-refractivity contribution is -0.141. The van der Waals surface area contributed by atoms with Crippen molar-refractivity contribution in [3.63, 3.8) is 0 Å². The molecule has 0 radical (unpaired) electrons. The molecule has 1 saturated carbocycles. The molecule has 0 amide bonds. The second kappa shape index (κ2) is 4.31. The molecule has 4 nitrogen and oxygen atoms in total. The number of carbonyl (C=O) groups is 1. The van der Waals surface area contributed by atoms with Gasteiger partial charge in [-0.05, 0) is 26.2 Å². The first-order valence-electron chi connectivity index (χ1n) is 5.44. The molecule has 15 heavy (non-hydrogen) atoms. The first kappa shape index (κ1) is 12.2. The molecule has 2 unspecified atom stereocenters. The van der Waals surface area contributed by atoms with Crippen LogP contribution >= 0.6 is 0 Å². The van der Waals surface area contributed by atoms with E-state index in [0.29, 0.717) is 12.3 Å². The van der Waals surface area contributed by atoms with Crippen molar-refractivity contribution in [2.24, 2.45) is 16.6 Å². The molecule has 3 N–H and O–H groups in total. The second-order valence-corrected chi connectivity index (χ2v) is 4.62. The van der Waals surface area contributed by atoms with Crippen LogP contribution in [0.5, 0.6) is 0 Å². The van der Waals surface area contributed by atoms with Gasteiger partial charge in [-0.1, -0.05) is 13.8 Å². The van der Waals surface area contributed by atoms with Crippen LogP contribution in [-0.4, -0.2) is 28.4 Å². The number of Topliss-reactive ketones (excluding diaryl/α,β-unsaturated/α-hetero) is 1. The number of ketones is 1. The molecule has 0 aromatic carbocycles. The van der Waals surface area contributed by atoms with Crippen LogP contribution in [0, 0.1) is 5.92 Å². The van der Waals surface area contributed by atoms with Crippen molar-refractivity contribution in [3.8, 4) is 0 Å². The van der Waals surface area contributed by atoms with Gasteiger partial charge in [0.25, 0.3) is 0 Å². The summed E-state index contributed by atoms with van der Waals surface area (Å²) in [5.41, 5.74) is 4.21. The topological polar surface area (TPSA) is 75.7 Å². The van der Waals surface area contributed by atoms with E-state index in [-0.39, 0.29) is 17.7 Å². The highest BCUT2D eigenvalue weighted by Crippen LogP contribution is 2.35. The Morgan fingerprint density at radius 3 is 2.67 bits per heavy atom. The van der Waals surface area contributed by atoms with Gasteiger partial charge in [0.05, 0.1) is 11.9 Å². The third-order valence-corrected chi connectivity index (χ3v) is 2.90. The van der Waals surface area contributed by atoms with E-state index < -0.39 is 5.60 Å². The summed E-state index contributed by atoms with van der Waals surface area (Å²) in [5.74, 6) is 0.149. The summed E-state index contributed by atoms with van der Waals surface area (Å²) in [6.07, 6.45) is 2.07. The normalized spacial score (nSPS) is 32.3. The monoisotopic (exact) mass is 212 g/mol. The van der Waals surface area contributed by atoms with E-state index in [9.17, 15) is 9.90 Å². The fourth-order valence-corrected chi connectivity index (χ4v) is 2.17. The van der Waals surface area contributed by atoms with Crippen LogP contribution in [0.1, 0.15) is 40.0 Å². The predicted octanol–water partition coefficient (Wildman–Crippen LogP) is 0.872. The Balaban J connectivity index is 2.91. The summed E-state index contributed by atoms with van der Waals surface area (Å²) in [4.78, 5) is 16.1. The van der Waals surface area contributed by atoms with E-state index in [0.717, 1.165) is 12.8 Å². The highest BCUT2D eigenvalue weighted by molar-refractivity contribution is 5.90. The molecule has 4 heteroatoms.